The lowest BCUT2D eigenvalue weighted by Gasteiger charge is -2.18. The number of benzene rings is 1. The highest BCUT2D eigenvalue weighted by molar-refractivity contribution is 9.10. The SMILES string of the molecule is CC(C)C(C)NS(=O)(=O)c1cc(CN)ccc1Br. The van der Waals surface area contributed by atoms with E-state index in [0.717, 1.165) is 5.56 Å². The van der Waals surface area contributed by atoms with Crippen LogP contribution >= 0.6 is 15.9 Å². The van der Waals surface area contributed by atoms with Crippen LogP contribution in [0.4, 0.5) is 0 Å². The molecular formula is C12H19BrN2O2S. The van der Waals surface area contributed by atoms with Crippen LogP contribution in [0.1, 0.15) is 26.3 Å². The fourth-order valence-electron chi connectivity index (χ4n) is 1.32. The average Bonchev–Trinajstić information content (AvgIpc) is 2.28. The molecule has 0 amide bonds. The second kappa shape index (κ2) is 6.14. The van der Waals surface area contributed by atoms with Crippen LogP contribution in [0, 0.1) is 5.92 Å². The quantitative estimate of drug-likeness (QED) is 0.867. The highest BCUT2D eigenvalue weighted by Crippen LogP contribution is 2.23. The number of hydrogen-bond acceptors (Lipinski definition) is 3. The largest absolute Gasteiger partial charge is 0.326 e. The summed E-state index contributed by atoms with van der Waals surface area (Å²) < 4.78 is 27.7. The summed E-state index contributed by atoms with van der Waals surface area (Å²) in [4.78, 5) is 0.234. The number of sulfonamides is 1. The van der Waals surface area contributed by atoms with Gasteiger partial charge in [0.05, 0.1) is 4.90 Å². The normalized spacial score (nSPS) is 13.9. The standard InChI is InChI=1S/C12H19BrN2O2S/c1-8(2)9(3)15-18(16,17)12-6-10(7-14)4-5-11(12)13/h4-6,8-9,15H,7,14H2,1-3H3. The van der Waals surface area contributed by atoms with Crippen LogP contribution in [0.15, 0.2) is 27.6 Å². The maximum Gasteiger partial charge on any atom is 0.241 e. The van der Waals surface area contributed by atoms with E-state index in [-0.39, 0.29) is 16.9 Å². The molecule has 0 saturated heterocycles. The van der Waals surface area contributed by atoms with E-state index in [2.05, 4.69) is 20.7 Å². The third kappa shape index (κ3) is 3.78. The number of halogens is 1. The average molecular weight is 335 g/mol. The monoisotopic (exact) mass is 334 g/mol. The third-order valence-electron chi connectivity index (χ3n) is 2.86. The molecule has 1 rings (SSSR count). The summed E-state index contributed by atoms with van der Waals surface area (Å²) in [6.07, 6.45) is 0. The second-order valence-corrected chi connectivity index (χ2v) is 7.16. The zero-order valence-electron chi connectivity index (χ0n) is 10.8. The lowest BCUT2D eigenvalue weighted by molar-refractivity contribution is 0.476. The summed E-state index contributed by atoms with van der Waals surface area (Å²) in [7, 11) is -3.52. The topological polar surface area (TPSA) is 72.2 Å². The maximum absolute atomic E-state index is 12.3. The molecule has 0 aliphatic heterocycles. The van der Waals surface area contributed by atoms with Crippen molar-refractivity contribution in [2.75, 3.05) is 0 Å². The summed E-state index contributed by atoms with van der Waals surface area (Å²) in [6, 6.07) is 4.98. The van der Waals surface area contributed by atoms with E-state index < -0.39 is 10.0 Å². The Balaban J connectivity index is 3.12. The van der Waals surface area contributed by atoms with Gasteiger partial charge >= 0.3 is 0 Å². The number of hydrogen-bond donors (Lipinski definition) is 2. The Hall–Kier alpha value is -0.430. The predicted octanol–water partition coefficient (Wildman–Crippen LogP) is 2.23. The van der Waals surface area contributed by atoms with Gasteiger partial charge in [0.15, 0.2) is 0 Å². The molecule has 0 spiro atoms. The van der Waals surface area contributed by atoms with Crippen molar-refractivity contribution in [3.05, 3.63) is 28.2 Å². The first kappa shape index (κ1) is 15.6. The Labute approximate surface area is 117 Å². The minimum Gasteiger partial charge on any atom is -0.326 e. The molecule has 4 nitrogen and oxygen atoms in total. The van der Waals surface area contributed by atoms with Crippen molar-refractivity contribution < 1.29 is 8.42 Å². The van der Waals surface area contributed by atoms with E-state index in [1.54, 1.807) is 18.2 Å². The number of rotatable bonds is 5. The summed E-state index contributed by atoms with van der Waals surface area (Å²) in [5.74, 6) is 0.233. The summed E-state index contributed by atoms with van der Waals surface area (Å²) in [6.45, 7) is 6.11. The fraction of sp³-hybridized carbons (Fsp3) is 0.500. The lowest BCUT2D eigenvalue weighted by atomic mass is 10.1. The van der Waals surface area contributed by atoms with E-state index in [1.807, 2.05) is 20.8 Å². The van der Waals surface area contributed by atoms with E-state index in [9.17, 15) is 8.42 Å². The maximum atomic E-state index is 12.3. The molecule has 0 heterocycles. The van der Waals surface area contributed by atoms with Gasteiger partial charge in [-0.05, 0) is 46.5 Å². The highest BCUT2D eigenvalue weighted by atomic mass is 79.9. The molecule has 0 fully saturated rings. The molecule has 6 heteroatoms. The van der Waals surface area contributed by atoms with Gasteiger partial charge in [0.2, 0.25) is 10.0 Å². The van der Waals surface area contributed by atoms with Crippen LogP contribution < -0.4 is 10.5 Å². The van der Waals surface area contributed by atoms with Gasteiger partial charge in [-0.15, -0.1) is 0 Å². The Morgan fingerprint density at radius 3 is 2.44 bits per heavy atom. The predicted molar refractivity (Wildman–Crippen MR) is 76.7 cm³/mol. The van der Waals surface area contributed by atoms with Gasteiger partial charge in [0.1, 0.15) is 0 Å². The Morgan fingerprint density at radius 2 is 1.94 bits per heavy atom. The molecule has 3 N–H and O–H groups in total. The van der Waals surface area contributed by atoms with E-state index in [1.165, 1.54) is 0 Å². The minimum absolute atomic E-state index is 0.122. The number of nitrogens with two attached hydrogens (primary N) is 1. The minimum atomic E-state index is -3.52. The first-order chi connectivity index (χ1) is 8.27. The number of nitrogens with one attached hydrogen (secondary N) is 1. The van der Waals surface area contributed by atoms with Crippen molar-refractivity contribution in [3.8, 4) is 0 Å². The zero-order valence-corrected chi connectivity index (χ0v) is 13.2. The van der Waals surface area contributed by atoms with Gasteiger partial charge < -0.3 is 5.73 Å². The zero-order chi connectivity index (χ0) is 13.9. The van der Waals surface area contributed by atoms with Crippen molar-refractivity contribution in [2.45, 2.75) is 38.3 Å². The van der Waals surface area contributed by atoms with Gasteiger partial charge in [-0.25, -0.2) is 13.1 Å². The Kier molecular flexibility index (Phi) is 5.33. The van der Waals surface area contributed by atoms with Gasteiger partial charge in [0, 0.05) is 17.1 Å². The van der Waals surface area contributed by atoms with Gasteiger partial charge in [-0.2, -0.15) is 0 Å². The van der Waals surface area contributed by atoms with E-state index in [4.69, 9.17) is 5.73 Å². The van der Waals surface area contributed by atoms with Gasteiger partial charge in [-0.1, -0.05) is 19.9 Å². The van der Waals surface area contributed by atoms with Gasteiger partial charge in [0.25, 0.3) is 0 Å². The van der Waals surface area contributed by atoms with Crippen molar-refractivity contribution >= 4 is 26.0 Å². The molecule has 1 aromatic rings. The van der Waals surface area contributed by atoms with Crippen molar-refractivity contribution in [1.29, 1.82) is 0 Å². The molecule has 0 saturated carbocycles. The highest BCUT2D eigenvalue weighted by Gasteiger charge is 2.21. The smallest absolute Gasteiger partial charge is 0.241 e. The van der Waals surface area contributed by atoms with Crippen LogP contribution in [0.2, 0.25) is 0 Å². The van der Waals surface area contributed by atoms with Crippen molar-refractivity contribution in [1.82, 2.24) is 4.72 Å². The molecule has 0 aliphatic carbocycles. The molecule has 1 atom stereocenters. The summed E-state index contributed by atoms with van der Waals surface area (Å²) in [5.41, 5.74) is 6.32. The molecular weight excluding hydrogens is 316 g/mol. The molecule has 0 bridgehead atoms. The first-order valence-corrected chi connectivity index (χ1v) is 8.06. The molecule has 0 aromatic heterocycles. The van der Waals surface area contributed by atoms with Crippen LogP contribution in [0.25, 0.3) is 0 Å². The lowest BCUT2D eigenvalue weighted by Crippen LogP contribution is -2.36. The summed E-state index contributed by atoms with van der Waals surface area (Å²) in [5, 5.41) is 0. The Morgan fingerprint density at radius 1 is 1.33 bits per heavy atom. The van der Waals surface area contributed by atoms with E-state index in [0.29, 0.717) is 11.0 Å². The van der Waals surface area contributed by atoms with Gasteiger partial charge in [-0.3, -0.25) is 0 Å². The van der Waals surface area contributed by atoms with Crippen molar-refractivity contribution in [3.63, 3.8) is 0 Å². The molecule has 102 valence electrons. The summed E-state index contributed by atoms with van der Waals surface area (Å²) >= 11 is 3.26. The Bertz CT molecular complexity index is 515. The van der Waals surface area contributed by atoms with Crippen LogP contribution in [0.3, 0.4) is 0 Å². The van der Waals surface area contributed by atoms with Crippen LogP contribution in [-0.2, 0) is 16.6 Å². The third-order valence-corrected chi connectivity index (χ3v) is 5.41. The molecule has 0 radical (unpaired) electrons. The molecule has 1 aromatic carbocycles. The van der Waals surface area contributed by atoms with Crippen LogP contribution in [-0.4, -0.2) is 14.5 Å². The molecule has 0 aliphatic rings. The van der Waals surface area contributed by atoms with Crippen molar-refractivity contribution in [2.24, 2.45) is 11.7 Å². The van der Waals surface area contributed by atoms with Crippen LogP contribution in [0.5, 0.6) is 0 Å². The molecule has 1 unspecified atom stereocenters. The fourth-order valence-corrected chi connectivity index (χ4v) is 3.73. The first-order valence-electron chi connectivity index (χ1n) is 5.78. The molecule has 18 heavy (non-hydrogen) atoms. The van der Waals surface area contributed by atoms with E-state index >= 15 is 0 Å². The second-order valence-electron chi connectivity index (χ2n) is 4.62.